The molecule has 0 spiro atoms. The van der Waals surface area contributed by atoms with Crippen molar-refractivity contribution >= 4 is 22.0 Å². The topological polar surface area (TPSA) is 111 Å². The summed E-state index contributed by atoms with van der Waals surface area (Å²) < 4.78 is 31.2. The molecule has 1 aromatic rings. The van der Waals surface area contributed by atoms with E-state index in [0.717, 1.165) is 18.2 Å². The molecule has 0 atom stereocenters. The van der Waals surface area contributed by atoms with Gasteiger partial charge in [0.05, 0.1) is 19.3 Å². The standard InChI is InChI=1S/C12H15N3O4S/c1-9-8-11(6-5-10(9)4-3-7-13)14-20(17,18)15-12(16)19-2/h5-6,8,14H,7,13H2,1-2H3,(H,15,16). The molecule has 4 N–H and O–H groups in total. The average molecular weight is 297 g/mol. The molecule has 0 unspecified atom stereocenters. The molecule has 7 nitrogen and oxygen atoms in total. The van der Waals surface area contributed by atoms with E-state index in [4.69, 9.17) is 5.73 Å². The van der Waals surface area contributed by atoms with Gasteiger partial charge in [0.2, 0.25) is 0 Å². The molecular weight excluding hydrogens is 282 g/mol. The van der Waals surface area contributed by atoms with Crippen molar-refractivity contribution in [3.63, 3.8) is 0 Å². The van der Waals surface area contributed by atoms with E-state index in [1.165, 1.54) is 6.07 Å². The number of hydrogen-bond donors (Lipinski definition) is 3. The highest BCUT2D eigenvalue weighted by Gasteiger charge is 2.14. The maximum Gasteiger partial charge on any atom is 0.422 e. The van der Waals surface area contributed by atoms with Crippen LogP contribution in [0.5, 0.6) is 0 Å². The molecule has 0 saturated carbocycles. The van der Waals surface area contributed by atoms with Gasteiger partial charge in [-0.15, -0.1) is 0 Å². The first-order valence-corrected chi connectivity index (χ1v) is 7.04. The third-order valence-electron chi connectivity index (χ3n) is 2.21. The Bertz CT molecular complexity index is 659. The number of methoxy groups -OCH3 is 1. The number of nitrogens with one attached hydrogen (secondary N) is 2. The number of anilines is 1. The molecule has 0 aromatic heterocycles. The highest BCUT2D eigenvalue weighted by Crippen LogP contribution is 2.15. The number of carbonyl (C=O) groups is 1. The lowest BCUT2D eigenvalue weighted by Crippen LogP contribution is -2.35. The fourth-order valence-electron chi connectivity index (χ4n) is 1.35. The van der Waals surface area contributed by atoms with Crippen LogP contribution in [0.1, 0.15) is 11.1 Å². The number of nitrogens with two attached hydrogens (primary N) is 1. The minimum atomic E-state index is -4.02. The molecule has 0 saturated heterocycles. The van der Waals surface area contributed by atoms with Gasteiger partial charge < -0.3 is 10.5 Å². The van der Waals surface area contributed by atoms with Crippen molar-refractivity contribution < 1.29 is 17.9 Å². The smallest absolute Gasteiger partial charge is 0.422 e. The molecule has 0 aliphatic carbocycles. The van der Waals surface area contributed by atoms with Crippen LogP contribution in [0.2, 0.25) is 0 Å². The molecule has 0 radical (unpaired) electrons. The van der Waals surface area contributed by atoms with Crippen LogP contribution in [-0.4, -0.2) is 28.2 Å². The van der Waals surface area contributed by atoms with Crippen LogP contribution in [0, 0.1) is 18.8 Å². The van der Waals surface area contributed by atoms with Crippen LogP contribution in [-0.2, 0) is 14.9 Å². The van der Waals surface area contributed by atoms with Gasteiger partial charge in [-0.2, -0.15) is 8.42 Å². The van der Waals surface area contributed by atoms with Crippen LogP contribution >= 0.6 is 0 Å². The number of benzene rings is 1. The van der Waals surface area contributed by atoms with E-state index < -0.39 is 16.3 Å². The van der Waals surface area contributed by atoms with Gasteiger partial charge in [0.15, 0.2) is 0 Å². The number of amides is 1. The Labute approximate surface area is 117 Å². The lowest BCUT2D eigenvalue weighted by atomic mass is 10.1. The van der Waals surface area contributed by atoms with Crippen molar-refractivity contribution in [2.75, 3.05) is 18.4 Å². The first-order chi connectivity index (χ1) is 9.38. The van der Waals surface area contributed by atoms with Crippen molar-refractivity contribution in [1.82, 2.24) is 4.72 Å². The normalized spacial score (nSPS) is 10.2. The fraction of sp³-hybridized carbons (Fsp3) is 0.250. The Morgan fingerprint density at radius 1 is 1.45 bits per heavy atom. The molecule has 1 amide bonds. The summed E-state index contributed by atoms with van der Waals surface area (Å²) in [6, 6.07) is 4.79. The number of rotatable bonds is 3. The summed E-state index contributed by atoms with van der Waals surface area (Å²) in [5.74, 6) is 5.57. The zero-order valence-corrected chi connectivity index (χ0v) is 11.9. The van der Waals surface area contributed by atoms with Gasteiger partial charge >= 0.3 is 16.3 Å². The van der Waals surface area contributed by atoms with E-state index in [1.807, 2.05) is 0 Å². The van der Waals surface area contributed by atoms with Gasteiger partial charge in [-0.1, -0.05) is 11.8 Å². The second-order valence-corrected chi connectivity index (χ2v) is 5.15. The summed E-state index contributed by atoms with van der Waals surface area (Å²) in [6.45, 7) is 2.03. The van der Waals surface area contributed by atoms with Crippen molar-refractivity contribution in [1.29, 1.82) is 0 Å². The van der Waals surface area contributed by atoms with Gasteiger partial charge in [-0.3, -0.25) is 4.72 Å². The molecule has 8 heteroatoms. The maximum atomic E-state index is 11.6. The zero-order chi connectivity index (χ0) is 15.2. The second kappa shape index (κ2) is 6.79. The van der Waals surface area contributed by atoms with Crippen molar-refractivity contribution in [3.8, 4) is 11.8 Å². The molecule has 0 bridgehead atoms. The van der Waals surface area contributed by atoms with Gasteiger partial charge in [-0.25, -0.2) is 9.52 Å². The summed E-state index contributed by atoms with van der Waals surface area (Å²) >= 11 is 0. The Hall–Kier alpha value is -2.24. The van der Waals surface area contributed by atoms with E-state index in [9.17, 15) is 13.2 Å². The summed E-state index contributed by atoms with van der Waals surface area (Å²) in [5, 5.41) is 0. The molecular formula is C12H15N3O4S. The Morgan fingerprint density at radius 3 is 2.70 bits per heavy atom. The minimum absolute atomic E-state index is 0.247. The molecule has 20 heavy (non-hydrogen) atoms. The third-order valence-corrected chi connectivity index (χ3v) is 3.15. The average Bonchev–Trinajstić information content (AvgIpc) is 2.36. The van der Waals surface area contributed by atoms with Gasteiger partial charge in [0.25, 0.3) is 0 Å². The van der Waals surface area contributed by atoms with Gasteiger partial charge in [-0.05, 0) is 30.7 Å². The Morgan fingerprint density at radius 2 is 2.15 bits per heavy atom. The van der Waals surface area contributed by atoms with Crippen LogP contribution in [0.15, 0.2) is 18.2 Å². The van der Waals surface area contributed by atoms with E-state index >= 15 is 0 Å². The summed E-state index contributed by atoms with van der Waals surface area (Å²) in [7, 11) is -2.95. The lowest BCUT2D eigenvalue weighted by Gasteiger charge is -2.09. The minimum Gasteiger partial charge on any atom is -0.452 e. The van der Waals surface area contributed by atoms with E-state index in [0.29, 0.717) is 5.69 Å². The molecule has 1 aromatic carbocycles. The van der Waals surface area contributed by atoms with Crippen LogP contribution < -0.4 is 15.2 Å². The SMILES string of the molecule is COC(=O)NS(=O)(=O)Nc1ccc(C#CCN)c(C)c1. The predicted octanol–water partition coefficient (Wildman–Crippen LogP) is 0.318. The largest absolute Gasteiger partial charge is 0.452 e. The van der Waals surface area contributed by atoms with Gasteiger partial charge in [0.1, 0.15) is 0 Å². The zero-order valence-electron chi connectivity index (χ0n) is 11.1. The first-order valence-electron chi connectivity index (χ1n) is 5.56. The number of aryl methyl sites for hydroxylation is 1. The number of hydrogen-bond acceptors (Lipinski definition) is 5. The van der Waals surface area contributed by atoms with Crippen LogP contribution in [0.3, 0.4) is 0 Å². The van der Waals surface area contributed by atoms with Crippen LogP contribution in [0.25, 0.3) is 0 Å². The maximum absolute atomic E-state index is 11.6. The summed E-state index contributed by atoms with van der Waals surface area (Å²) in [4.78, 5) is 10.9. The summed E-state index contributed by atoms with van der Waals surface area (Å²) in [6.07, 6.45) is -1.07. The number of carbonyl (C=O) groups excluding carboxylic acids is 1. The predicted molar refractivity (Wildman–Crippen MR) is 75.2 cm³/mol. The molecule has 0 aliphatic heterocycles. The highest BCUT2D eigenvalue weighted by atomic mass is 32.2. The van der Waals surface area contributed by atoms with E-state index in [2.05, 4.69) is 21.3 Å². The number of ether oxygens (including phenoxy) is 1. The summed E-state index contributed by atoms with van der Waals surface area (Å²) in [5.41, 5.74) is 7.12. The quantitative estimate of drug-likeness (QED) is 0.696. The molecule has 0 heterocycles. The first kappa shape index (κ1) is 15.8. The van der Waals surface area contributed by atoms with Crippen molar-refractivity contribution in [2.45, 2.75) is 6.92 Å². The molecule has 108 valence electrons. The molecule has 1 rings (SSSR count). The Balaban J connectivity index is 2.89. The fourth-order valence-corrected chi connectivity index (χ4v) is 2.14. The van der Waals surface area contributed by atoms with Gasteiger partial charge in [0, 0.05) is 5.56 Å². The van der Waals surface area contributed by atoms with E-state index in [1.54, 1.807) is 23.8 Å². The highest BCUT2D eigenvalue weighted by molar-refractivity contribution is 7.91. The lowest BCUT2D eigenvalue weighted by molar-refractivity contribution is 0.177. The molecule has 0 aliphatic rings. The third kappa shape index (κ3) is 4.79. The molecule has 0 fully saturated rings. The van der Waals surface area contributed by atoms with Crippen LogP contribution in [0.4, 0.5) is 10.5 Å². The Kier molecular flexibility index (Phi) is 5.37. The van der Waals surface area contributed by atoms with Crippen molar-refractivity contribution in [2.24, 2.45) is 5.73 Å². The second-order valence-electron chi connectivity index (χ2n) is 3.73. The van der Waals surface area contributed by atoms with E-state index in [-0.39, 0.29) is 6.54 Å². The van der Waals surface area contributed by atoms with Crippen molar-refractivity contribution in [3.05, 3.63) is 29.3 Å². The monoisotopic (exact) mass is 297 g/mol.